The average Bonchev–Trinajstić information content (AvgIpc) is 3.56. The molecule has 2 aromatic rings. The Bertz CT molecular complexity index is 878. The van der Waals surface area contributed by atoms with Crippen LogP contribution in [0.2, 0.25) is 0 Å². The Morgan fingerprint density at radius 2 is 1.77 bits per heavy atom. The third-order valence-corrected chi connectivity index (χ3v) is 6.16. The number of ether oxygens (including phenoxy) is 1. The molecule has 1 saturated heterocycles. The van der Waals surface area contributed by atoms with Crippen LogP contribution in [-0.2, 0) is 9.53 Å². The predicted octanol–water partition coefficient (Wildman–Crippen LogP) is 2.09. The predicted molar refractivity (Wildman–Crippen MR) is 112 cm³/mol. The van der Waals surface area contributed by atoms with E-state index in [9.17, 15) is 15.2 Å². The van der Waals surface area contributed by atoms with E-state index in [1.807, 2.05) is 65.6 Å². The van der Waals surface area contributed by atoms with Gasteiger partial charge in [-0.1, -0.05) is 60.7 Å². The van der Waals surface area contributed by atoms with Gasteiger partial charge in [-0.2, -0.15) is 5.26 Å². The fourth-order valence-electron chi connectivity index (χ4n) is 4.56. The van der Waals surface area contributed by atoms with Gasteiger partial charge in [0.25, 0.3) is 0 Å². The molecule has 1 saturated carbocycles. The molecule has 0 spiro atoms. The first-order valence-electron chi connectivity index (χ1n) is 10.5. The van der Waals surface area contributed by atoms with Gasteiger partial charge in [0.2, 0.25) is 5.91 Å². The molecule has 1 aliphatic heterocycles. The lowest BCUT2D eigenvalue weighted by Crippen LogP contribution is -2.43. The van der Waals surface area contributed by atoms with Gasteiger partial charge < -0.3 is 14.7 Å². The number of rotatable bonds is 7. The Balaban J connectivity index is 1.56. The fraction of sp³-hybridized carbons (Fsp3) is 0.417. The third-order valence-electron chi connectivity index (χ3n) is 6.16. The van der Waals surface area contributed by atoms with Crippen LogP contribution in [0.25, 0.3) is 0 Å². The van der Waals surface area contributed by atoms with Crippen molar-refractivity contribution in [1.82, 2.24) is 10.2 Å². The maximum absolute atomic E-state index is 13.3. The number of nitrogens with one attached hydrogen (secondary N) is 1. The van der Waals surface area contributed by atoms with E-state index in [1.165, 1.54) is 0 Å². The molecule has 2 aromatic carbocycles. The van der Waals surface area contributed by atoms with E-state index in [4.69, 9.17) is 4.74 Å². The molecule has 6 nitrogen and oxygen atoms in total. The van der Waals surface area contributed by atoms with E-state index in [2.05, 4.69) is 11.4 Å². The highest BCUT2D eigenvalue weighted by molar-refractivity contribution is 5.84. The molecule has 0 radical (unpaired) electrons. The molecule has 0 bridgehead atoms. The summed E-state index contributed by atoms with van der Waals surface area (Å²) < 4.78 is 5.39. The molecule has 2 N–H and O–H groups in total. The van der Waals surface area contributed by atoms with Crippen LogP contribution < -0.4 is 5.32 Å². The highest BCUT2D eigenvalue weighted by atomic mass is 16.5. The molecular weight excluding hydrogens is 378 g/mol. The number of amides is 1. The Hall–Kier alpha value is -2.72. The second-order valence-electron chi connectivity index (χ2n) is 7.90. The van der Waals surface area contributed by atoms with Crippen molar-refractivity contribution in [2.75, 3.05) is 32.9 Å². The summed E-state index contributed by atoms with van der Waals surface area (Å²) in [5.41, 5.74) is 2.00. The number of aliphatic hydroxyl groups is 1. The molecule has 0 aromatic heterocycles. The molecule has 6 heteroatoms. The summed E-state index contributed by atoms with van der Waals surface area (Å²) in [5, 5.41) is 23.2. The van der Waals surface area contributed by atoms with E-state index >= 15 is 0 Å². The van der Waals surface area contributed by atoms with Gasteiger partial charge >= 0.3 is 0 Å². The fourth-order valence-corrected chi connectivity index (χ4v) is 4.56. The van der Waals surface area contributed by atoms with Gasteiger partial charge in [0.15, 0.2) is 0 Å². The first-order chi connectivity index (χ1) is 14.7. The minimum absolute atomic E-state index is 0.00573. The maximum Gasteiger partial charge on any atom is 0.226 e. The molecule has 0 unspecified atom stereocenters. The number of aliphatic hydroxyl groups excluding tert-OH is 1. The van der Waals surface area contributed by atoms with Gasteiger partial charge in [0.05, 0.1) is 37.8 Å². The molecule has 2 fully saturated rings. The van der Waals surface area contributed by atoms with Crippen molar-refractivity contribution in [3.8, 4) is 6.07 Å². The second-order valence-corrected chi connectivity index (χ2v) is 7.90. The minimum Gasteiger partial charge on any atom is -0.394 e. The SMILES string of the molecule is N#C[C@@H](N[C@@H](CO)c1ccccc1)[C@@H]1[C@@H](C(=O)N2CCOCC2)[C@@H]1c1ccccc1. The van der Waals surface area contributed by atoms with Crippen molar-refractivity contribution < 1.29 is 14.6 Å². The lowest BCUT2D eigenvalue weighted by Gasteiger charge is -2.27. The highest BCUT2D eigenvalue weighted by Gasteiger charge is 2.60. The Kier molecular flexibility index (Phi) is 6.44. The van der Waals surface area contributed by atoms with Crippen LogP contribution in [0.4, 0.5) is 0 Å². The van der Waals surface area contributed by atoms with E-state index < -0.39 is 6.04 Å². The monoisotopic (exact) mass is 405 g/mol. The zero-order chi connectivity index (χ0) is 20.9. The summed E-state index contributed by atoms with van der Waals surface area (Å²) in [7, 11) is 0. The van der Waals surface area contributed by atoms with Crippen LogP contribution in [0.15, 0.2) is 60.7 Å². The van der Waals surface area contributed by atoms with Gasteiger partial charge in [0, 0.05) is 24.9 Å². The van der Waals surface area contributed by atoms with Crippen molar-refractivity contribution in [3.05, 3.63) is 71.8 Å². The smallest absolute Gasteiger partial charge is 0.226 e. The summed E-state index contributed by atoms with van der Waals surface area (Å²) in [5.74, 6) is -0.281. The molecule has 4 rings (SSSR count). The second kappa shape index (κ2) is 9.40. The maximum atomic E-state index is 13.3. The van der Waals surface area contributed by atoms with Crippen LogP contribution >= 0.6 is 0 Å². The van der Waals surface area contributed by atoms with E-state index in [0.717, 1.165) is 11.1 Å². The van der Waals surface area contributed by atoms with Crippen molar-refractivity contribution in [2.45, 2.75) is 18.0 Å². The van der Waals surface area contributed by atoms with Gasteiger partial charge in [-0.3, -0.25) is 10.1 Å². The Labute approximate surface area is 177 Å². The Morgan fingerprint density at radius 1 is 1.13 bits per heavy atom. The molecule has 2 aliphatic rings. The van der Waals surface area contributed by atoms with Crippen LogP contribution in [0.3, 0.4) is 0 Å². The van der Waals surface area contributed by atoms with Crippen LogP contribution in [0.5, 0.6) is 0 Å². The third kappa shape index (κ3) is 4.24. The molecule has 5 atom stereocenters. The molecule has 1 heterocycles. The van der Waals surface area contributed by atoms with Gasteiger partial charge in [-0.25, -0.2) is 0 Å². The lowest BCUT2D eigenvalue weighted by atomic mass is 10.0. The summed E-state index contributed by atoms with van der Waals surface area (Å²) in [6.07, 6.45) is 0. The summed E-state index contributed by atoms with van der Waals surface area (Å²) >= 11 is 0. The van der Waals surface area contributed by atoms with Crippen molar-refractivity contribution >= 4 is 5.91 Å². The normalized spacial score (nSPS) is 25.2. The first kappa shape index (κ1) is 20.5. The molecule has 30 heavy (non-hydrogen) atoms. The number of nitrogens with zero attached hydrogens (tertiary/aromatic N) is 2. The summed E-state index contributed by atoms with van der Waals surface area (Å²) in [4.78, 5) is 15.1. The van der Waals surface area contributed by atoms with Crippen LogP contribution in [-0.4, -0.2) is 54.9 Å². The number of carbonyl (C=O) groups is 1. The van der Waals surface area contributed by atoms with E-state index in [-0.39, 0.29) is 36.3 Å². The van der Waals surface area contributed by atoms with Crippen molar-refractivity contribution in [1.29, 1.82) is 5.26 Å². The molecule has 1 amide bonds. The lowest BCUT2D eigenvalue weighted by molar-refractivity contribution is -0.137. The molecular formula is C24H27N3O3. The molecule has 1 aliphatic carbocycles. The number of hydrogen-bond donors (Lipinski definition) is 2. The average molecular weight is 405 g/mol. The zero-order valence-electron chi connectivity index (χ0n) is 16.9. The number of hydrogen-bond acceptors (Lipinski definition) is 5. The molecule has 156 valence electrons. The number of morpholine rings is 1. The number of carbonyl (C=O) groups excluding carboxylic acids is 1. The minimum atomic E-state index is -0.539. The largest absolute Gasteiger partial charge is 0.394 e. The topological polar surface area (TPSA) is 85.6 Å². The van der Waals surface area contributed by atoms with Gasteiger partial charge in [-0.05, 0) is 11.1 Å². The standard InChI is InChI=1S/C24H27N3O3/c25-15-19(26-20(16-28)17-7-3-1-4-8-17)22-21(18-9-5-2-6-10-18)23(22)24(29)27-11-13-30-14-12-27/h1-10,19-23,26,28H,11-14,16H2/t19-,20+,21-,22+,23+/m1/s1. The van der Waals surface area contributed by atoms with E-state index in [1.54, 1.807) is 0 Å². The summed E-state index contributed by atoms with van der Waals surface area (Å²) in [6.45, 7) is 2.18. The van der Waals surface area contributed by atoms with Gasteiger partial charge in [0.1, 0.15) is 6.04 Å². The van der Waals surface area contributed by atoms with Crippen LogP contribution in [0.1, 0.15) is 23.1 Å². The quantitative estimate of drug-likeness (QED) is 0.737. The highest BCUT2D eigenvalue weighted by Crippen LogP contribution is 2.56. The number of nitriles is 1. The number of benzene rings is 2. The van der Waals surface area contributed by atoms with Crippen molar-refractivity contribution in [2.24, 2.45) is 11.8 Å². The first-order valence-corrected chi connectivity index (χ1v) is 10.5. The van der Waals surface area contributed by atoms with Crippen LogP contribution in [0, 0.1) is 23.2 Å². The van der Waals surface area contributed by atoms with Crippen molar-refractivity contribution in [3.63, 3.8) is 0 Å². The Morgan fingerprint density at radius 3 is 2.37 bits per heavy atom. The van der Waals surface area contributed by atoms with Gasteiger partial charge in [-0.15, -0.1) is 0 Å². The van der Waals surface area contributed by atoms with E-state index in [0.29, 0.717) is 26.3 Å². The zero-order valence-corrected chi connectivity index (χ0v) is 16.9. The summed E-state index contributed by atoms with van der Waals surface area (Å²) in [6, 6.07) is 21.0.